The van der Waals surface area contributed by atoms with Gasteiger partial charge in [0.1, 0.15) is 0 Å². The molecule has 0 aromatic heterocycles. The van der Waals surface area contributed by atoms with Crippen molar-refractivity contribution in [3.8, 4) is 0 Å². The van der Waals surface area contributed by atoms with E-state index >= 15 is 0 Å². The molecule has 116 valence electrons. The highest BCUT2D eigenvalue weighted by Crippen LogP contribution is 2.34. The summed E-state index contributed by atoms with van der Waals surface area (Å²) in [7, 11) is 0. The van der Waals surface area contributed by atoms with Gasteiger partial charge in [-0.3, -0.25) is 4.79 Å². The van der Waals surface area contributed by atoms with Gasteiger partial charge in [-0.15, -0.1) is 11.8 Å². The first kappa shape index (κ1) is 16.4. The van der Waals surface area contributed by atoms with Crippen molar-refractivity contribution in [1.29, 1.82) is 0 Å². The van der Waals surface area contributed by atoms with Gasteiger partial charge in [-0.2, -0.15) is 13.2 Å². The van der Waals surface area contributed by atoms with Crippen molar-refractivity contribution in [2.45, 2.75) is 18.0 Å². The Bertz CT molecular complexity index is 653. The summed E-state index contributed by atoms with van der Waals surface area (Å²) in [6, 6.07) is 12.5. The van der Waals surface area contributed by atoms with E-state index < -0.39 is 17.6 Å². The molecule has 0 aliphatic heterocycles. The lowest BCUT2D eigenvalue weighted by Gasteiger charge is -2.13. The fourth-order valence-electron chi connectivity index (χ4n) is 1.81. The Morgan fingerprint density at radius 2 is 1.73 bits per heavy atom. The van der Waals surface area contributed by atoms with Crippen molar-refractivity contribution in [2.75, 3.05) is 11.1 Å². The molecule has 1 N–H and O–H groups in total. The normalized spacial score (nSPS) is 11.3. The van der Waals surface area contributed by atoms with E-state index in [1.807, 2.05) is 31.2 Å². The van der Waals surface area contributed by atoms with Gasteiger partial charge in [0, 0.05) is 4.90 Å². The van der Waals surface area contributed by atoms with Crippen molar-refractivity contribution < 1.29 is 18.0 Å². The zero-order chi connectivity index (χ0) is 16.2. The van der Waals surface area contributed by atoms with E-state index in [0.29, 0.717) is 0 Å². The summed E-state index contributed by atoms with van der Waals surface area (Å²) in [5.41, 5.74) is 0.0427. The van der Waals surface area contributed by atoms with Crippen LogP contribution in [0.2, 0.25) is 0 Å². The molecule has 0 atom stereocenters. The van der Waals surface area contributed by atoms with E-state index in [9.17, 15) is 18.0 Å². The van der Waals surface area contributed by atoms with Gasteiger partial charge in [0.2, 0.25) is 5.91 Å². The van der Waals surface area contributed by atoms with Gasteiger partial charge in [0.05, 0.1) is 17.0 Å². The average Bonchev–Trinajstić information content (AvgIpc) is 2.46. The van der Waals surface area contributed by atoms with E-state index in [1.165, 1.54) is 30.0 Å². The first-order valence-corrected chi connectivity index (χ1v) is 7.50. The van der Waals surface area contributed by atoms with Gasteiger partial charge in [0.25, 0.3) is 0 Å². The van der Waals surface area contributed by atoms with Gasteiger partial charge in [-0.25, -0.2) is 0 Å². The molecule has 0 saturated heterocycles. The fourth-order valence-corrected chi connectivity index (χ4v) is 2.51. The molecule has 2 nitrogen and oxygen atoms in total. The fraction of sp³-hybridized carbons (Fsp3) is 0.188. The zero-order valence-corrected chi connectivity index (χ0v) is 12.6. The molecule has 0 aliphatic carbocycles. The maximum absolute atomic E-state index is 12.8. The van der Waals surface area contributed by atoms with Crippen molar-refractivity contribution in [2.24, 2.45) is 0 Å². The summed E-state index contributed by atoms with van der Waals surface area (Å²) in [5, 5.41) is 2.32. The highest BCUT2D eigenvalue weighted by molar-refractivity contribution is 8.00. The van der Waals surface area contributed by atoms with E-state index in [1.54, 1.807) is 0 Å². The summed E-state index contributed by atoms with van der Waals surface area (Å²) in [6.07, 6.45) is -4.49. The van der Waals surface area contributed by atoms with Gasteiger partial charge >= 0.3 is 6.18 Å². The number of carbonyl (C=O) groups is 1. The number of nitrogens with one attached hydrogen (secondary N) is 1. The molecule has 22 heavy (non-hydrogen) atoms. The van der Waals surface area contributed by atoms with Crippen LogP contribution in [0.5, 0.6) is 0 Å². The number of hydrogen-bond acceptors (Lipinski definition) is 2. The molecular weight excluding hydrogens is 311 g/mol. The SMILES string of the molecule is Cc1ccc(SCC(=O)Nc2ccccc2C(F)(F)F)cc1. The van der Waals surface area contributed by atoms with E-state index in [0.717, 1.165) is 16.5 Å². The number of aryl methyl sites for hydroxylation is 1. The van der Waals surface area contributed by atoms with E-state index in [4.69, 9.17) is 0 Å². The number of thioether (sulfide) groups is 1. The van der Waals surface area contributed by atoms with E-state index in [2.05, 4.69) is 5.32 Å². The van der Waals surface area contributed by atoms with Crippen LogP contribution >= 0.6 is 11.8 Å². The van der Waals surface area contributed by atoms with Crippen LogP contribution in [-0.2, 0) is 11.0 Å². The third kappa shape index (κ3) is 4.53. The van der Waals surface area contributed by atoms with Crippen LogP contribution in [0.4, 0.5) is 18.9 Å². The lowest BCUT2D eigenvalue weighted by atomic mass is 10.1. The molecule has 0 saturated carbocycles. The Balaban J connectivity index is 1.99. The smallest absolute Gasteiger partial charge is 0.325 e. The van der Waals surface area contributed by atoms with Crippen molar-refractivity contribution >= 4 is 23.4 Å². The van der Waals surface area contributed by atoms with Crippen LogP contribution in [0.1, 0.15) is 11.1 Å². The summed E-state index contributed by atoms with van der Waals surface area (Å²) in [5.74, 6) is -0.419. The highest BCUT2D eigenvalue weighted by atomic mass is 32.2. The summed E-state index contributed by atoms with van der Waals surface area (Å²) >= 11 is 1.28. The second kappa shape index (κ2) is 6.87. The first-order valence-electron chi connectivity index (χ1n) is 6.52. The molecule has 0 aliphatic rings. The van der Waals surface area contributed by atoms with Crippen molar-refractivity contribution in [3.63, 3.8) is 0 Å². The zero-order valence-electron chi connectivity index (χ0n) is 11.8. The molecule has 2 aromatic carbocycles. The lowest BCUT2D eigenvalue weighted by molar-refractivity contribution is -0.137. The van der Waals surface area contributed by atoms with Gasteiger partial charge in [0.15, 0.2) is 0 Å². The number of rotatable bonds is 4. The largest absolute Gasteiger partial charge is 0.418 e. The standard InChI is InChI=1S/C16H14F3NOS/c1-11-6-8-12(9-7-11)22-10-15(21)20-14-5-3-2-4-13(14)16(17,18)19/h2-9H,10H2,1H3,(H,20,21). The molecule has 0 heterocycles. The number of anilines is 1. The Morgan fingerprint density at radius 1 is 1.09 bits per heavy atom. The van der Waals surface area contributed by atoms with Crippen LogP contribution in [0, 0.1) is 6.92 Å². The minimum Gasteiger partial charge on any atom is -0.325 e. The number of hydrogen-bond donors (Lipinski definition) is 1. The summed E-state index contributed by atoms with van der Waals surface area (Å²) in [6.45, 7) is 1.95. The van der Waals surface area contributed by atoms with Gasteiger partial charge in [-0.1, -0.05) is 29.8 Å². The first-order chi connectivity index (χ1) is 10.4. The molecule has 0 fully saturated rings. The Hall–Kier alpha value is -1.95. The molecule has 0 bridgehead atoms. The maximum atomic E-state index is 12.8. The quantitative estimate of drug-likeness (QED) is 0.822. The summed E-state index contributed by atoms with van der Waals surface area (Å²) < 4.78 is 38.5. The molecular formula is C16H14F3NOS. The van der Waals surface area contributed by atoms with Crippen LogP contribution in [0.15, 0.2) is 53.4 Å². The van der Waals surface area contributed by atoms with Gasteiger partial charge < -0.3 is 5.32 Å². The minimum atomic E-state index is -4.49. The van der Waals surface area contributed by atoms with Crippen molar-refractivity contribution in [3.05, 3.63) is 59.7 Å². The number of carbonyl (C=O) groups excluding carboxylic acids is 1. The van der Waals surface area contributed by atoms with Crippen LogP contribution in [0.3, 0.4) is 0 Å². The molecule has 0 radical (unpaired) electrons. The second-order valence-corrected chi connectivity index (χ2v) is 5.74. The second-order valence-electron chi connectivity index (χ2n) is 4.69. The Kier molecular flexibility index (Phi) is 5.13. The minimum absolute atomic E-state index is 0.0508. The lowest BCUT2D eigenvalue weighted by Crippen LogP contribution is -2.18. The molecule has 0 spiro atoms. The molecule has 6 heteroatoms. The van der Waals surface area contributed by atoms with Crippen LogP contribution in [0.25, 0.3) is 0 Å². The third-order valence-electron chi connectivity index (χ3n) is 2.90. The van der Waals surface area contributed by atoms with Gasteiger partial charge in [-0.05, 0) is 31.2 Å². The summed E-state index contributed by atoms with van der Waals surface area (Å²) in [4.78, 5) is 12.7. The number of alkyl halides is 3. The highest BCUT2D eigenvalue weighted by Gasteiger charge is 2.33. The predicted octanol–water partition coefficient (Wildman–Crippen LogP) is 4.74. The molecule has 0 unspecified atom stereocenters. The molecule has 2 rings (SSSR count). The Morgan fingerprint density at radius 3 is 2.36 bits per heavy atom. The topological polar surface area (TPSA) is 29.1 Å². The van der Waals surface area contributed by atoms with Crippen LogP contribution < -0.4 is 5.32 Å². The number of para-hydroxylation sites is 1. The third-order valence-corrected chi connectivity index (χ3v) is 3.91. The number of amides is 1. The monoisotopic (exact) mass is 325 g/mol. The Labute approximate surface area is 130 Å². The van der Waals surface area contributed by atoms with Crippen molar-refractivity contribution in [1.82, 2.24) is 0 Å². The van der Waals surface area contributed by atoms with Crippen LogP contribution in [-0.4, -0.2) is 11.7 Å². The average molecular weight is 325 g/mol. The molecule has 2 aromatic rings. The maximum Gasteiger partial charge on any atom is 0.418 e. The van der Waals surface area contributed by atoms with E-state index in [-0.39, 0.29) is 11.4 Å². The number of halogens is 3. The predicted molar refractivity (Wildman–Crippen MR) is 82.0 cm³/mol. The number of benzene rings is 2. The molecule has 1 amide bonds.